The van der Waals surface area contributed by atoms with Crippen LogP contribution in [-0.4, -0.2) is 10.9 Å². The fourth-order valence-corrected chi connectivity index (χ4v) is 2.24. The quantitative estimate of drug-likeness (QED) is 0.778. The standard InChI is InChI=1S/C19H16N2O/c22-19(8-4-7-15-5-2-1-3-6-15)21-18-10-9-17-14-20-12-11-16(17)13-18/h1-7,9-14H,8H2,(H,21,22)/b7-4+. The third kappa shape index (κ3) is 3.58. The van der Waals surface area contributed by atoms with Gasteiger partial charge in [0.05, 0.1) is 0 Å². The number of nitrogens with one attached hydrogen (secondary N) is 1. The van der Waals surface area contributed by atoms with Crippen molar-refractivity contribution in [2.75, 3.05) is 5.32 Å². The Balaban J connectivity index is 1.62. The second-order valence-electron chi connectivity index (χ2n) is 5.00. The number of fused-ring (bicyclic) bond motifs is 1. The normalized spacial score (nSPS) is 10.9. The van der Waals surface area contributed by atoms with Gasteiger partial charge in [-0.25, -0.2) is 0 Å². The maximum absolute atomic E-state index is 12.0. The van der Waals surface area contributed by atoms with Gasteiger partial charge in [0.25, 0.3) is 0 Å². The van der Waals surface area contributed by atoms with Gasteiger partial charge in [0, 0.05) is 29.9 Å². The fraction of sp³-hybridized carbons (Fsp3) is 0.0526. The van der Waals surface area contributed by atoms with Gasteiger partial charge in [-0.3, -0.25) is 9.78 Å². The number of pyridine rings is 1. The number of nitrogens with zero attached hydrogens (tertiary/aromatic N) is 1. The average Bonchev–Trinajstić information content (AvgIpc) is 2.56. The van der Waals surface area contributed by atoms with Crippen LogP contribution in [0.4, 0.5) is 5.69 Å². The molecule has 3 rings (SSSR count). The Kier molecular flexibility index (Phi) is 4.25. The maximum atomic E-state index is 12.0. The Morgan fingerprint density at radius 3 is 2.77 bits per heavy atom. The SMILES string of the molecule is O=C(C/C=C/c1ccccc1)Nc1ccc2cnccc2c1. The highest BCUT2D eigenvalue weighted by Gasteiger charge is 2.01. The van der Waals surface area contributed by atoms with Gasteiger partial charge in [0.15, 0.2) is 0 Å². The van der Waals surface area contributed by atoms with E-state index in [2.05, 4.69) is 10.3 Å². The zero-order valence-corrected chi connectivity index (χ0v) is 12.1. The molecule has 1 heterocycles. The molecule has 2 aromatic carbocycles. The van der Waals surface area contributed by atoms with Gasteiger partial charge >= 0.3 is 0 Å². The number of rotatable bonds is 4. The molecule has 0 atom stereocenters. The van der Waals surface area contributed by atoms with Crippen molar-refractivity contribution in [1.82, 2.24) is 4.98 Å². The van der Waals surface area contributed by atoms with Crippen LogP contribution < -0.4 is 5.32 Å². The number of benzene rings is 2. The summed E-state index contributed by atoms with van der Waals surface area (Å²) in [5.41, 5.74) is 1.89. The summed E-state index contributed by atoms with van der Waals surface area (Å²) in [6.07, 6.45) is 7.73. The van der Waals surface area contributed by atoms with E-state index in [0.717, 1.165) is 22.0 Å². The Labute approximate surface area is 129 Å². The van der Waals surface area contributed by atoms with Gasteiger partial charge in [0.2, 0.25) is 5.91 Å². The summed E-state index contributed by atoms with van der Waals surface area (Å²) in [7, 11) is 0. The van der Waals surface area contributed by atoms with Crippen LogP contribution in [-0.2, 0) is 4.79 Å². The monoisotopic (exact) mass is 288 g/mol. The lowest BCUT2D eigenvalue weighted by Gasteiger charge is -2.05. The summed E-state index contributed by atoms with van der Waals surface area (Å²) in [5.74, 6) is -0.0272. The van der Waals surface area contributed by atoms with Gasteiger partial charge in [-0.15, -0.1) is 0 Å². The molecule has 0 aliphatic heterocycles. The van der Waals surface area contributed by atoms with Gasteiger partial charge < -0.3 is 5.32 Å². The van der Waals surface area contributed by atoms with Crippen molar-refractivity contribution < 1.29 is 4.79 Å². The van der Waals surface area contributed by atoms with E-state index < -0.39 is 0 Å². The molecule has 0 bridgehead atoms. The average molecular weight is 288 g/mol. The number of aromatic nitrogens is 1. The maximum Gasteiger partial charge on any atom is 0.228 e. The number of amides is 1. The molecule has 0 aliphatic rings. The second-order valence-corrected chi connectivity index (χ2v) is 5.00. The Hall–Kier alpha value is -2.94. The topological polar surface area (TPSA) is 42.0 Å². The molecule has 1 N–H and O–H groups in total. The van der Waals surface area contributed by atoms with Crippen LogP contribution in [0.5, 0.6) is 0 Å². The summed E-state index contributed by atoms with van der Waals surface area (Å²) in [6, 6.07) is 17.7. The summed E-state index contributed by atoms with van der Waals surface area (Å²) in [4.78, 5) is 16.0. The smallest absolute Gasteiger partial charge is 0.228 e. The number of hydrogen-bond donors (Lipinski definition) is 1. The summed E-state index contributed by atoms with van der Waals surface area (Å²) in [5, 5.41) is 5.03. The molecule has 1 amide bonds. The lowest BCUT2D eigenvalue weighted by atomic mass is 10.1. The van der Waals surface area contributed by atoms with E-state index in [1.165, 1.54) is 0 Å². The lowest BCUT2D eigenvalue weighted by Crippen LogP contribution is -2.09. The van der Waals surface area contributed by atoms with E-state index in [1.807, 2.05) is 72.9 Å². The molecule has 0 spiro atoms. The minimum Gasteiger partial charge on any atom is -0.326 e. The highest BCUT2D eigenvalue weighted by atomic mass is 16.1. The van der Waals surface area contributed by atoms with Crippen LogP contribution in [0.3, 0.4) is 0 Å². The first-order valence-electron chi connectivity index (χ1n) is 7.16. The first-order chi connectivity index (χ1) is 10.8. The van der Waals surface area contributed by atoms with E-state index >= 15 is 0 Å². The summed E-state index contributed by atoms with van der Waals surface area (Å²) in [6.45, 7) is 0. The van der Waals surface area contributed by atoms with Crippen molar-refractivity contribution in [3.63, 3.8) is 0 Å². The predicted octanol–water partition coefficient (Wildman–Crippen LogP) is 4.28. The van der Waals surface area contributed by atoms with Crippen LogP contribution in [0.15, 0.2) is 73.1 Å². The van der Waals surface area contributed by atoms with Crippen molar-refractivity contribution in [2.24, 2.45) is 0 Å². The van der Waals surface area contributed by atoms with E-state index in [-0.39, 0.29) is 5.91 Å². The molecule has 3 aromatic rings. The van der Waals surface area contributed by atoms with Gasteiger partial charge in [-0.2, -0.15) is 0 Å². The minimum atomic E-state index is -0.0272. The molecular weight excluding hydrogens is 272 g/mol. The van der Waals surface area contributed by atoms with Crippen LogP contribution in [0.1, 0.15) is 12.0 Å². The molecule has 3 heteroatoms. The first kappa shape index (κ1) is 14.0. The number of carbonyl (C=O) groups is 1. The number of hydrogen-bond acceptors (Lipinski definition) is 2. The molecule has 0 radical (unpaired) electrons. The van der Waals surface area contributed by atoms with Crippen LogP contribution in [0.2, 0.25) is 0 Å². The van der Waals surface area contributed by atoms with Crippen molar-refractivity contribution in [2.45, 2.75) is 6.42 Å². The van der Waals surface area contributed by atoms with Gasteiger partial charge in [0.1, 0.15) is 0 Å². The summed E-state index contributed by atoms with van der Waals surface area (Å²) >= 11 is 0. The Morgan fingerprint density at radius 2 is 1.91 bits per heavy atom. The molecule has 0 aliphatic carbocycles. The van der Waals surface area contributed by atoms with Crippen molar-refractivity contribution in [3.05, 3.63) is 78.6 Å². The van der Waals surface area contributed by atoms with E-state index in [4.69, 9.17) is 0 Å². The minimum absolute atomic E-state index is 0.0272. The van der Waals surface area contributed by atoms with Crippen LogP contribution >= 0.6 is 0 Å². The van der Waals surface area contributed by atoms with Crippen molar-refractivity contribution >= 4 is 28.4 Å². The molecule has 0 saturated heterocycles. The Bertz CT molecular complexity index is 810. The third-order valence-corrected chi connectivity index (χ3v) is 3.34. The molecule has 0 unspecified atom stereocenters. The Morgan fingerprint density at radius 1 is 1.05 bits per heavy atom. The fourth-order valence-electron chi connectivity index (χ4n) is 2.24. The van der Waals surface area contributed by atoms with E-state index in [0.29, 0.717) is 6.42 Å². The van der Waals surface area contributed by atoms with Crippen molar-refractivity contribution in [1.29, 1.82) is 0 Å². The van der Waals surface area contributed by atoms with Crippen LogP contribution in [0, 0.1) is 0 Å². The predicted molar refractivity (Wildman–Crippen MR) is 90.5 cm³/mol. The zero-order valence-electron chi connectivity index (χ0n) is 12.1. The van der Waals surface area contributed by atoms with Gasteiger partial charge in [-0.05, 0) is 29.1 Å². The van der Waals surface area contributed by atoms with Crippen LogP contribution in [0.25, 0.3) is 16.8 Å². The molecule has 22 heavy (non-hydrogen) atoms. The number of carbonyl (C=O) groups excluding carboxylic acids is 1. The molecular formula is C19H16N2O. The molecule has 1 aromatic heterocycles. The second kappa shape index (κ2) is 6.68. The van der Waals surface area contributed by atoms with Crippen molar-refractivity contribution in [3.8, 4) is 0 Å². The molecule has 0 fully saturated rings. The van der Waals surface area contributed by atoms with E-state index in [1.54, 1.807) is 6.20 Å². The molecule has 0 saturated carbocycles. The first-order valence-corrected chi connectivity index (χ1v) is 7.16. The number of anilines is 1. The summed E-state index contributed by atoms with van der Waals surface area (Å²) < 4.78 is 0. The molecule has 3 nitrogen and oxygen atoms in total. The van der Waals surface area contributed by atoms with E-state index in [9.17, 15) is 4.79 Å². The molecule has 108 valence electrons. The highest BCUT2D eigenvalue weighted by molar-refractivity contribution is 5.95. The zero-order chi connectivity index (χ0) is 15.2. The lowest BCUT2D eigenvalue weighted by molar-refractivity contribution is -0.115. The van der Waals surface area contributed by atoms with Gasteiger partial charge in [-0.1, -0.05) is 48.6 Å². The third-order valence-electron chi connectivity index (χ3n) is 3.34. The largest absolute Gasteiger partial charge is 0.326 e. The highest BCUT2D eigenvalue weighted by Crippen LogP contribution is 2.18.